The first-order chi connectivity index (χ1) is 24.8. The van der Waals surface area contributed by atoms with Gasteiger partial charge in [0.15, 0.2) is 0 Å². The van der Waals surface area contributed by atoms with Crippen LogP contribution in [0.3, 0.4) is 0 Å². The van der Waals surface area contributed by atoms with Gasteiger partial charge in [-0.2, -0.15) is 0 Å². The van der Waals surface area contributed by atoms with E-state index in [2.05, 4.69) is 203 Å². The average Bonchev–Trinajstić information content (AvgIpc) is 3.72. The van der Waals surface area contributed by atoms with Crippen LogP contribution >= 0.6 is 0 Å². The number of rotatable bonds is 5. The first kappa shape index (κ1) is 28.4. The number of benzene rings is 8. The quantitative estimate of drug-likeness (QED) is 0.178. The normalized spacial score (nSPS) is 11.6. The second kappa shape index (κ2) is 11.5. The SMILES string of the molecule is c1ccc(-c2ccc(-c3ccc(-n4c5ccccc5c5ccc6c(c7ccccc7n6-c6ccccc6-c6ccccc6)c54)cc3)cc2)cc1. The maximum atomic E-state index is 2.47. The van der Waals surface area contributed by atoms with E-state index in [-0.39, 0.29) is 0 Å². The Labute approximate surface area is 290 Å². The lowest BCUT2D eigenvalue weighted by Gasteiger charge is -2.14. The number of aromatic nitrogens is 2. The van der Waals surface area contributed by atoms with E-state index in [1.54, 1.807) is 0 Å². The average molecular weight is 637 g/mol. The second-order valence-corrected chi connectivity index (χ2v) is 12.9. The fourth-order valence-electron chi connectivity index (χ4n) is 7.86. The van der Waals surface area contributed by atoms with Crippen LogP contribution in [0, 0.1) is 0 Å². The van der Waals surface area contributed by atoms with E-state index in [0.717, 1.165) is 5.69 Å². The molecule has 2 nitrogen and oxygen atoms in total. The zero-order chi connectivity index (χ0) is 33.0. The molecule has 8 aromatic carbocycles. The first-order valence-corrected chi connectivity index (χ1v) is 17.2. The van der Waals surface area contributed by atoms with Gasteiger partial charge in [0.25, 0.3) is 0 Å². The minimum absolute atomic E-state index is 1.15. The summed E-state index contributed by atoms with van der Waals surface area (Å²) in [5.74, 6) is 0. The molecule has 0 radical (unpaired) electrons. The number of fused-ring (bicyclic) bond motifs is 7. The van der Waals surface area contributed by atoms with Crippen LogP contribution < -0.4 is 0 Å². The van der Waals surface area contributed by atoms with Gasteiger partial charge < -0.3 is 9.13 Å². The van der Waals surface area contributed by atoms with E-state index >= 15 is 0 Å². The first-order valence-electron chi connectivity index (χ1n) is 17.2. The van der Waals surface area contributed by atoms with Crippen LogP contribution in [0.5, 0.6) is 0 Å². The highest BCUT2D eigenvalue weighted by Gasteiger charge is 2.21. The maximum Gasteiger partial charge on any atom is 0.0641 e. The lowest BCUT2D eigenvalue weighted by Crippen LogP contribution is -1.97. The standard InChI is InChI=1S/C48H32N2/c1-3-13-33(14-4-1)34-23-25-35(26-24-34)36-27-29-38(30-28-36)49-44-21-11-8-18-40(44)41-31-32-46-47(48(41)49)42-19-9-12-22-45(42)50(46)43-20-10-7-17-39(43)37-15-5-2-6-16-37/h1-32H. The molecule has 2 heteroatoms. The Morgan fingerprint density at radius 2 is 0.780 bits per heavy atom. The van der Waals surface area contributed by atoms with Gasteiger partial charge in [-0.3, -0.25) is 0 Å². The van der Waals surface area contributed by atoms with Crippen molar-refractivity contribution in [2.75, 3.05) is 0 Å². The molecule has 0 spiro atoms. The molecule has 0 amide bonds. The van der Waals surface area contributed by atoms with Crippen molar-refractivity contribution in [3.8, 4) is 44.8 Å². The van der Waals surface area contributed by atoms with Gasteiger partial charge >= 0.3 is 0 Å². The van der Waals surface area contributed by atoms with Crippen LogP contribution in [0.1, 0.15) is 0 Å². The van der Waals surface area contributed by atoms with Gasteiger partial charge in [-0.25, -0.2) is 0 Å². The fraction of sp³-hybridized carbons (Fsp3) is 0. The Morgan fingerprint density at radius 1 is 0.280 bits per heavy atom. The largest absolute Gasteiger partial charge is 0.309 e. The minimum Gasteiger partial charge on any atom is -0.309 e. The van der Waals surface area contributed by atoms with Crippen molar-refractivity contribution in [2.24, 2.45) is 0 Å². The molecule has 0 aliphatic rings. The van der Waals surface area contributed by atoms with E-state index in [1.807, 2.05) is 0 Å². The van der Waals surface area contributed by atoms with Gasteiger partial charge in [0.2, 0.25) is 0 Å². The van der Waals surface area contributed by atoms with Gasteiger partial charge in [-0.05, 0) is 64.2 Å². The Kier molecular flexibility index (Phi) is 6.53. The van der Waals surface area contributed by atoms with Crippen LogP contribution in [-0.2, 0) is 0 Å². The molecule has 2 aromatic heterocycles. The summed E-state index contributed by atoms with van der Waals surface area (Å²) >= 11 is 0. The molecule has 0 N–H and O–H groups in total. The van der Waals surface area contributed by atoms with Crippen LogP contribution in [0.15, 0.2) is 194 Å². The highest BCUT2D eigenvalue weighted by molar-refractivity contribution is 6.26. The van der Waals surface area contributed by atoms with Crippen molar-refractivity contribution in [3.63, 3.8) is 0 Å². The van der Waals surface area contributed by atoms with E-state index in [4.69, 9.17) is 0 Å². The topological polar surface area (TPSA) is 9.86 Å². The third kappa shape index (κ3) is 4.43. The Bertz CT molecular complexity index is 2820. The smallest absolute Gasteiger partial charge is 0.0641 e. The Balaban J connectivity index is 1.19. The second-order valence-electron chi connectivity index (χ2n) is 12.9. The number of para-hydroxylation sites is 3. The molecule has 234 valence electrons. The molecule has 0 atom stereocenters. The monoisotopic (exact) mass is 636 g/mol. The molecule has 0 aliphatic carbocycles. The third-order valence-electron chi connectivity index (χ3n) is 10.2. The zero-order valence-electron chi connectivity index (χ0n) is 27.4. The molecule has 0 saturated heterocycles. The third-order valence-corrected chi connectivity index (χ3v) is 10.2. The van der Waals surface area contributed by atoms with Crippen molar-refractivity contribution in [1.29, 1.82) is 0 Å². The minimum atomic E-state index is 1.15. The van der Waals surface area contributed by atoms with Crippen molar-refractivity contribution in [2.45, 2.75) is 0 Å². The molecule has 0 bridgehead atoms. The van der Waals surface area contributed by atoms with Crippen LogP contribution in [0.2, 0.25) is 0 Å². The molecular formula is C48H32N2. The van der Waals surface area contributed by atoms with Gasteiger partial charge in [0.05, 0.1) is 27.8 Å². The lowest BCUT2D eigenvalue weighted by molar-refractivity contribution is 1.17. The fourth-order valence-corrected chi connectivity index (χ4v) is 7.86. The molecule has 50 heavy (non-hydrogen) atoms. The van der Waals surface area contributed by atoms with Crippen LogP contribution in [0.25, 0.3) is 88.4 Å². The maximum absolute atomic E-state index is 2.47. The predicted molar refractivity (Wildman–Crippen MR) is 211 cm³/mol. The van der Waals surface area contributed by atoms with E-state index < -0.39 is 0 Å². The Hall–Kier alpha value is -6.64. The van der Waals surface area contributed by atoms with Crippen molar-refractivity contribution >= 4 is 43.6 Å². The van der Waals surface area contributed by atoms with E-state index in [9.17, 15) is 0 Å². The summed E-state index contributed by atoms with van der Waals surface area (Å²) in [6.07, 6.45) is 0. The summed E-state index contributed by atoms with van der Waals surface area (Å²) in [4.78, 5) is 0. The Morgan fingerprint density at radius 3 is 1.46 bits per heavy atom. The number of hydrogen-bond donors (Lipinski definition) is 0. The molecule has 10 aromatic rings. The van der Waals surface area contributed by atoms with E-state index in [1.165, 1.54) is 82.7 Å². The van der Waals surface area contributed by atoms with Gasteiger partial charge in [0.1, 0.15) is 0 Å². The number of nitrogens with zero attached hydrogens (tertiary/aromatic N) is 2. The summed E-state index contributed by atoms with van der Waals surface area (Å²) in [7, 11) is 0. The molecule has 0 saturated carbocycles. The highest BCUT2D eigenvalue weighted by atomic mass is 15.0. The van der Waals surface area contributed by atoms with Gasteiger partial charge in [-0.1, -0.05) is 158 Å². The molecular weight excluding hydrogens is 605 g/mol. The molecule has 0 fully saturated rings. The van der Waals surface area contributed by atoms with Gasteiger partial charge in [0, 0.05) is 32.8 Å². The molecule has 0 aliphatic heterocycles. The zero-order valence-corrected chi connectivity index (χ0v) is 27.4. The predicted octanol–water partition coefficient (Wildman–Crippen LogP) is 12.9. The summed E-state index contributed by atoms with van der Waals surface area (Å²) in [6.45, 7) is 0. The summed E-state index contributed by atoms with van der Waals surface area (Å²) < 4.78 is 4.92. The lowest BCUT2D eigenvalue weighted by atomic mass is 10.0. The summed E-state index contributed by atoms with van der Waals surface area (Å²) in [6, 6.07) is 70.3. The van der Waals surface area contributed by atoms with Crippen LogP contribution in [-0.4, -0.2) is 9.13 Å². The summed E-state index contributed by atoms with van der Waals surface area (Å²) in [5.41, 5.74) is 14.4. The molecule has 0 unspecified atom stereocenters. The summed E-state index contributed by atoms with van der Waals surface area (Å²) in [5, 5.41) is 5.02. The number of hydrogen-bond acceptors (Lipinski definition) is 0. The van der Waals surface area contributed by atoms with Gasteiger partial charge in [-0.15, -0.1) is 0 Å². The molecule has 10 rings (SSSR count). The molecule has 2 heterocycles. The van der Waals surface area contributed by atoms with Crippen molar-refractivity contribution < 1.29 is 0 Å². The van der Waals surface area contributed by atoms with E-state index in [0.29, 0.717) is 0 Å². The highest BCUT2D eigenvalue weighted by Crippen LogP contribution is 2.43. The van der Waals surface area contributed by atoms with Crippen molar-refractivity contribution in [3.05, 3.63) is 194 Å². The van der Waals surface area contributed by atoms with Crippen molar-refractivity contribution in [1.82, 2.24) is 9.13 Å². The van der Waals surface area contributed by atoms with Crippen LogP contribution in [0.4, 0.5) is 0 Å².